The van der Waals surface area contributed by atoms with Crippen molar-refractivity contribution >= 4 is 17.0 Å². The van der Waals surface area contributed by atoms with Crippen LogP contribution in [0.15, 0.2) is 0 Å². The second-order valence-electron chi connectivity index (χ2n) is 6.91. The average Bonchev–Trinajstić information content (AvgIpc) is 2.49. The second-order valence-corrected chi connectivity index (χ2v) is 7.95. The van der Waals surface area contributed by atoms with Gasteiger partial charge in [0.05, 0.1) is 0 Å². The molecule has 0 aromatic rings. The molecule has 21 heavy (non-hydrogen) atoms. The van der Waals surface area contributed by atoms with Crippen molar-refractivity contribution in [2.45, 2.75) is 76.3 Å². The van der Waals surface area contributed by atoms with Crippen LogP contribution in [0.4, 0.5) is 4.79 Å². The van der Waals surface area contributed by atoms with Crippen molar-refractivity contribution in [2.75, 3.05) is 26.4 Å². The van der Waals surface area contributed by atoms with Crippen molar-refractivity contribution in [3.05, 3.63) is 0 Å². The van der Waals surface area contributed by atoms with E-state index in [0.717, 1.165) is 12.3 Å². The zero-order valence-corrected chi connectivity index (χ0v) is 14.7. The number of hydrogen-bond acceptors (Lipinski definition) is 3. The van der Waals surface area contributed by atoms with Crippen LogP contribution >= 0.6 is 11.8 Å². The molecule has 3 nitrogen and oxygen atoms in total. The number of rotatable bonds is 5. The average molecular weight is 313 g/mol. The molecule has 4 heteroatoms. The summed E-state index contributed by atoms with van der Waals surface area (Å²) in [6, 6.07) is 1.06. The molecule has 2 saturated carbocycles. The highest BCUT2D eigenvalue weighted by molar-refractivity contribution is 8.13. The van der Waals surface area contributed by atoms with Crippen LogP contribution in [0.5, 0.6) is 0 Å². The van der Waals surface area contributed by atoms with Gasteiger partial charge in [-0.25, -0.2) is 0 Å². The Hall–Kier alpha value is -0.220. The molecular weight excluding hydrogens is 280 g/mol. The van der Waals surface area contributed by atoms with Gasteiger partial charge in [0.15, 0.2) is 0 Å². The molecule has 2 fully saturated rings. The molecule has 0 N–H and O–H groups in total. The van der Waals surface area contributed by atoms with Crippen molar-refractivity contribution < 1.29 is 4.79 Å². The van der Waals surface area contributed by atoms with E-state index in [1.54, 1.807) is 11.8 Å². The molecule has 2 aliphatic carbocycles. The third kappa shape index (κ3) is 5.48. The number of nitrogens with zero attached hydrogens (tertiary/aromatic N) is 2. The van der Waals surface area contributed by atoms with Gasteiger partial charge in [-0.1, -0.05) is 50.3 Å². The lowest BCUT2D eigenvalue weighted by atomic mass is 9.89. The Kier molecular flexibility index (Phi) is 7.38. The summed E-state index contributed by atoms with van der Waals surface area (Å²) in [5.41, 5.74) is 0. The van der Waals surface area contributed by atoms with E-state index in [9.17, 15) is 4.79 Å². The number of amides is 1. The van der Waals surface area contributed by atoms with E-state index in [1.807, 2.05) is 0 Å². The summed E-state index contributed by atoms with van der Waals surface area (Å²) in [5.74, 6) is 0.918. The number of carbonyl (C=O) groups is 1. The molecule has 0 spiro atoms. The van der Waals surface area contributed by atoms with Gasteiger partial charge in [0.25, 0.3) is 5.24 Å². The van der Waals surface area contributed by atoms with Crippen LogP contribution in [-0.2, 0) is 0 Å². The van der Waals surface area contributed by atoms with Gasteiger partial charge in [0.1, 0.15) is 0 Å². The topological polar surface area (TPSA) is 23.6 Å². The molecule has 0 aliphatic heterocycles. The standard InChI is InChI=1S/C17H32N2OS/c1-18(2)13-14-21-17(20)19(15-9-5-3-6-10-15)16-11-7-4-8-12-16/h15-16H,3-14H2,1-2H3. The van der Waals surface area contributed by atoms with Gasteiger partial charge in [-0.2, -0.15) is 0 Å². The molecule has 2 aliphatic rings. The van der Waals surface area contributed by atoms with Crippen LogP contribution in [0.1, 0.15) is 64.2 Å². The minimum absolute atomic E-state index is 0.357. The van der Waals surface area contributed by atoms with E-state index in [0.29, 0.717) is 17.3 Å². The van der Waals surface area contributed by atoms with E-state index in [4.69, 9.17) is 0 Å². The van der Waals surface area contributed by atoms with Crippen LogP contribution in [0.25, 0.3) is 0 Å². The van der Waals surface area contributed by atoms with Gasteiger partial charge in [0.2, 0.25) is 0 Å². The summed E-state index contributed by atoms with van der Waals surface area (Å²) in [7, 11) is 4.15. The first-order valence-corrected chi connectivity index (χ1v) is 9.77. The van der Waals surface area contributed by atoms with E-state index in [2.05, 4.69) is 23.9 Å². The first-order valence-electron chi connectivity index (χ1n) is 8.78. The smallest absolute Gasteiger partial charge is 0.282 e. The lowest BCUT2D eigenvalue weighted by Gasteiger charge is -2.41. The van der Waals surface area contributed by atoms with Crippen LogP contribution in [0, 0.1) is 0 Å². The summed E-state index contributed by atoms with van der Waals surface area (Å²) in [6.45, 7) is 0.986. The Balaban J connectivity index is 1.94. The molecule has 122 valence electrons. The molecule has 0 aromatic heterocycles. The van der Waals surface area contributed by atoms with Gasteiger partial charge in [-0.05, 0) is 39.8 Å². The zero-order valence-electron chi connectivity index (χ0n) is 13.9. The Bertz CT molecular complexity index is 292. The Labute approximate surface area is 134 Å². The van der Waals surface area contributed by atoms with E-state index in [-0.39, 0.29) is 0 Å². The lowest BCUT2D eigenvalue weighted by Crippen LogP contribution is -2.47. The Morgan fingerprint density at radius 2 is 1.38 bits per heavy atom. The third-order valence-corrected chi connectivity index (χ3v) is 5.76. The molecule has 0 aromatic carbocycles. The highest BCUT2D eigenvalue weighted by atomic mass is 32.2. The van der Waals surface area contributed by atoms with Crippen LogP contribution in [-0.4, -0.2) is 53.5 Å². The summed E-state index contributed by atoms with van der Waals surface area (Å²) >= 11 is 1.55. The van der Waals surface area contributed by atoms with Gasteiger partial charge >= 0.3 is 0 Å². The molecule has 0 atom stereocenters. The first-order chi connectivity index (χ1) is 10.2. The zero-order chi connectivity index (χ0) is 15.1. The highest BCUT2D eigenvalue weighted by Gasteiger charge is 2.32. The van der Waals surface area contributed by atoms with Crippen LogP contribution < -0.4 is 0 Å². The highest BCUT2D eigenvalue weighted by Crippen LogP contribution is 2.32. The predicted octanol–water partition coefficient (Wildman–Crippen LogP) is 4.37. The molecule has 2 rings (SSSR count). The summed E-state index contributed by atoms with van der Waals surface area (Å²) in [4.78, 5) is 17.3. The van der Waals surface area contributed by atoms with E-state index >= 15 is 0 Å². The third-order valence-electron chi connectivity index (χ3n) is 4.91. The quantitative estimate of drug-likeness (QED) is 0.753. The molecular formula is C17H32N2OS. The molecule has 0 unspecified atom stereocenters. The van der Waals surface area contributed by atoms with E-state index < -0.39 is 0 Å². The van der Waals surface area contributed by atoms with Crippen LogP contribution in [0.2, 0.25) is 0 Å². The van der Waals surface area contributed by atoms with E-state index in [1.165, 1.54) is 64.2 Å². The lowest BCUT2D eigenvalue weighted by molar-refractivity contribution is 0.122. The maximum Gasteiger partial charge on any atom is 0.282 e. The minimum Gasteiger partial charge on any atom is -0.328 e. The first kappa shape index (κ1) is 17.1. The molecule has 0 saturated heterocycles. The van der Waals surface area contributed by atoms with Gasteiger partial charge in [-0.3, -0.25) is 4.79 Å². The second kappa shape index (κ2) is 9.04. The van der Waals surface area contributed by atoms with Gasteiger partial charge in [0, 0.05) is 24.4 Å². The fourth-order valence-corrected chi connectivity index (χ4v) is 4.78. The van der Waals surface area contributed by atoms with Gasteiger partial charge < -0.3 is 9.80 Å². The maximum atomic E-state index is 12.8. The van der Waals surface area contributed by atoms with Crippen molar-refractivity contribution in [1.82, 2.24) is 9.80 Å². The Morgan fingerprint density at radius 3 is 1.81 bits per heavy atom. The fourth-order valence-electron chi connectivity index (χ4n) is 3.70. The van der Waals surface area contributed by atoms with Crippen molar-refractivity contribution in [1.29, 1.82) is 0 Å². The fraction of sp³-hybridized carbons (Fsp3) is 0.941. The number of carbonyl (C=O) groups excluding carboxylic acids is 1. The molecule has 0 radical (unpaired) electrons. The van der Waals surface area contributed by atoms with Gasteiger partial charge in [-0.15, -0.1) is 0 Å². The van der Waals surface area contributed by atoms with Crippen molar-refractivity contribution in [2.24, 2.45) is 0 Å². The van der Waals surface area contributed by atoms with Crippen molar-refractivity contribution in [3.8, 4) is 0 Å². The largest absolute Gasteiger partial charge is 0.328 e. The normalized spacial score (nSPS) is 21.7. The molecule has 0 heterocycles. The predicted molar refractivity (Wildman–Crippen MR) is 92.0 cm³/mol. The SMILES string of the molecule is CN(C)CCSC(=O)N(C1CCCCC1)C1CCCCC1. The molecule has 1 amide bonds. The Morgan fingerprint density at radius 1 is 0.905 bits per heavy atom. The number of thioether (sulfide) groups is 1. The van der Waals surface area contributed by atoms with Crippen LogP contribution in [0.3, 0.4) is 0 Å². The van der Waals surface area contributed by atoms with Crippen molar-refractivity contribution in [3.63, 3.8) is 0 Å². The minimum atomic E-state index is 0.357. The summed E-state index contributed by atoms with van der Waals surface area (Å²) in [6.07, 6.45) is 12.9. The summed E-state index contributed by atoms with van der Waals surface area (Å²) in [5, 5.41) is 0.357. The maximum absolute atomic E-state index is 12.8. The monoisotopic (exact) mass is 312 g/mol. The summed E-state index contributed by atoms with van der Waals surface area (Å²) < 4.78 is 0. The number of hydrogen-bond donors (Lipinski definition) is 0. The molecule has 0 bridgehead atoms.